The van der Waals surface area contributed by atoms with Crippen LogP contribution in [0, 0.1) is 11.3 Å². The molecule has 0 bridgehead atoms. The first-order chi connectivity index (χ1) is 16.2. The number of fused-ring (bicyclic) bond motifs is 1. The minimum Gasteiger partial charge on any atom is -0.488 e. The first-order valence-electron chi connectivity index (χ1n) is 10.8. The molecule has 1 aliphatic heterocycles. The molecular formula is C26H22ClN5O. The van der Waals surface area contributed by atoms with Gasteiger partial charge in [0.05, 0.1) is 17.7 Å². The minimum atomic E-state index is 0.0383. The second kappa shape index (κ2) is 9.35. The van der Waals surface area contributed by atoms with Gasteiger partial charge in [-0.25, -0.2) is 4.98 Å². The van der Waals surface area contributed by atoms with E-state index in [1.807, 2.05) is 60.7 Å². The van der Waals surface area contributed by atoms with Crippen LogP contribution in [0.1, 0.15) is 17.5 Å². The van der Waals surface area contributed by atoms with E-state index in [1.54, 1.807) is 12.4 Å². The minimum absolute atomic E-state index is 0.0383. The number of halogens is 1. The lowest BCUT2D eigenvalue weighted by atomic mass is 10.1. The van der Waals surface area contributed by atoms with E-state index >= 15 is 0 Å². The summed E-state index contributed by atoms with van der Waals surface area (Å²) in [5.74, 6) is 1.39. The van der Waals surface area contributed by atoms with Gasteiger partial charge in [-0.3, -0.25) is 4.98 Å². The van der Waals surface area contributed by atoms with E-state index in [-0.39, 0.29) is 6.10 Å². The molecule has 1 atom stereocenters. The van der Waals surface area contributed by atoms with Gasteiger partial charge in [-0.1, -0.05) is 41.9 Å². The predicted octanol–water partition coefficient (Wildman–Crippen LogP) is 5.42. The number of nitrogens with zero attached hydrogens (tertiary/aromatic N) is 4. The Bertz CT molecular complexity index is 1300. The molecule has 0 saturated carbocycles. The van der Waals surface area contributed by atoms with Crippen molar-refractivity contribution >= 4 is 34.0 Å². The molecule has 1 saturated heterocycles. The fourth-order valence-corrected chi connectivity index (χ4v) is 4.31. The molecule has 1 unspecified atom stereocenters. The van der Waals surface area contributed by atoms with Crippen LogP contribution in [0.3, 0.4) is 0 Å². The second-order valence-corrected chi connectivity index (χ2v) is 8.39. The molecule has 33 heavy (non-hydrogen) atoms. The molecule has 5 rings (SSSR count). The maximum absolute atomic E-state index is 10.1. The summed E-state index contributed by atoms with van der Waals surface area (Å²) >= 11 is 6.00. The van der Waals surface area contributed by atoms with Crippen LogP contribution in [0.15, 0.2) is 73.1 Å². The third-order valence-electron chi connectivity index (χ3n) is 5.76. The summed E-state index contributed by atoms with van der Waals surface area (Å²) in [4.78, 5) is 11.1. The van der Waals surface area contributed by atoms with E-state index in [1.165, 1.54) is 0 Å². The van der Waals surface area contributed by atoms with Crippen LogP contribution in [0.5, 0.6) is 5.75 Å². The summed E-state index contributed by atoms with van der Waals surface area (Å²) in [7, 11) is 0. The molecule has 6 nitrogen and oxygen atoms in total. The predicted molar refractivity (Wildman–Crippen MR) is 131 cm³/mol. The average molecular weight is 456 g/mol. The van der Waals surface area contributed by atoms with Crippen molar-refractivity contribution in [3.05, 3.63) is 89.2 Å². The van der Waals surface area contributed by atoms with Crippen molar-refractivity contribution in [2.75, 3.05) is 23.3 Å². The molecule has 0 radical (unpaired) electrons. The number of para-hydroxylation sites is 1. The molecule has 1 fully saturated rings. The lowest BCUT2D eigenvalue weighted by Crippen LogP contribution is -2.26. The highest BCUT2D eigenvalue weighted by atomic mass is 35.5. The normalized spacial score (nSPS) is 15.4. The number of anilines is 2. The van der Waals surface area contributed by atoms with Crippen molar-refractivity contribution in [1.82, 2.24) is 9.97 Å². The fourth-order valence-electron chi connectivity index (χ4n) is 4.18. The summed E-state index contributed by atoms with van der Waals surface area (Å²) < 4.78 is 6.15. The molecule has 0 spiro atoms. The molecule has 1 N–H and O–H groups in total. The van der Waals surface area contributed by atoms with Gasteiger partial charge in [0.1, 0.15) is 29.3 Å². The number of ether oxygens (including phenoxy) is 1. The zero-order chi connectivity index (χ0) is 22.6. The van der Waals surface area contributed by atoms with E-state index in [9.17, 15) is 5.26 Å². The lowest BCUT2D eigenvalue weighted by Gasteiger charge is -2.23. The van der Waals surface area contributed by atoms with Crippen LogP contribution in [-0.4, -0.2) is 29.2 Å². The Morgan fingerprint density at radius 2 is 1.88 bits per heavy atom. The van der Waals surface area contributed by atoms with Crippen molar-refractivity contribution in [3.63, 3.8) is 0 Å². The van der Waals surface area contributed by atoms with Crippen molar-refractivity contribution in [2.45, 2.75) is 19.1 Å². The Kier molecular flexibility index (Phi) is 5.97. The molecule has 0 amide bonds. The molecular weight excluding hydrogens is 434 g/mol. The molecule has 1 aliphatic rings. The highest BCUT2D eigenvalue weighted by Crippen LogP contribution is 2.36. The first-order valence-corrected chi connectivity index (χ1v) is 11.2. The number of hydrogen-bond acceptors (Lipinski definition) is 6. The van der Waals surface area contributed by atoms with E-state index in [2.05, 4.69) is 21.3 Å². The van der Waals surface area contributed by atoms with Gasteiger partial charge in [-0.05, 0) is 35.9 Å². The van der Waals surface area contributed by atoms with E-state index in [0.717, 1.165) is 40.9 Å². The molecule has 164 valence electrons. The molecule has 7 heteroatoms. The average Bonchev–Trinajstić information content (AvgIpc) is 3.31. The Hall–Kier alpha value is -3.82. The molecule has 2 aromatic heterocycles. The van der Waals surface area contributed by atoms with Crippen LogP contribution < -0.4 is 15.0 Å². The van der Waals surface area contributed by atoms with Crippen molar-refractivity contribution < 1.29 is 4.74 Å². The SMILES string of the molecule is N#Cc1c(NCc2ccc(Cl)cc2)nc2ccccc2c1N1CCC(Oc2ccncc2)C1. The number of hydrogen-bond donors (Lipinski definition) is 1. The van der Waals surface area contributed by atoms with Crippen LogP contribution in [0.2, 0.25) is 5.02 Å². The smallest absolute Gasteiger partial charge is 0.147 e. The molecule has 3 heterocycles. The van der Waals surface area contributed by atoms with Gasteiger partial charge in [-0.15, -0.1) is 0 Å². The van der Waals surface area contributed by atoms with Gasteiger partial charge in [-0.2, -0.15) is 5.26 Å². The van der Waals surface area contributed by atoms with E-state index in [4.69, 9.17) is 21.3 Å². The first kappa shape index (κ1) is 21.0. The monoisotopic (exact) mass is 455 g/mol. The third-order valence-corrected chi connectivity index (χ3v) is 6.02. The standard InChI is InChI=1S/C26H22ClN5O/c27-19-7-5-18(6-8-19)16-30-26-23(15-28)25(22-3-1-2-4-24(22)31-26)32-14-11-21(17-32)33-20-9-12-29-13-10-20/h1-10,12-13,21H,11,14,16-17H2,(H,30,31). The Balaban J connectivity index is 1.46. The Labute approximate surface area is 197 Å². The quantitative estimate of drug-likeness (QED) is 0.418. The van der Waals surface area contributed by atoms with Crippen molar-refractivity contribution in [3.8, 4) is 11.8 Å². The largest absolute Gasteiger partial charge is 0.488 e. The Morgan fingerprint density at radius 3 is 2.67 bits per heavy atom. The van der Waals surface area contributed by atoms with Gasteiger partial charge >= 0.3 is 0 Å². The van der Waals surface area contributed by atoms with Crippen molar-refractivity contribution in [2.24, 2.45) is 0 Å². The number of aromatic nitrogens is 2. The van der Waals surface area contributed by atoms with Gasteiger partial charge in [0.15, 0.2) is 0 Å². The van der Waals surface area contributed by atoms with Crippen LogP contribution in [-0.2, 0) is 6.54 Å². The number of pyridine rings is 2. The number of benzene rings is 2. The zero-order valence-electron chi connectivity index (χ0n) is 17.9. The van der Waals surface area contributed by atoms with Gasteiger partial charge < -0.3 is 15.0 Å². The summed E-state index contributed by atoms with van der Waals surface area (Å²) in [5.41, 5.74) is 3.37. The van der Waals surface area contributed by atoms with Crippen LogP contribution in [0.4, 0.5) is 11.5 Å². The summed E-state index contributed by atoms with van der Waals surface area (Å²) in [5, 5.41) is 15.2. The van der Waals surface area contributed by atoms with Crippen LogP contribution in [0.25, 0.3) is 10.9 Å². The maximum Gasteiger partial charge on any atom is 0.147 e. The molecule has 4 aromatic rings. The van der Waals surface area contributed by atoms with Gasteiger partial charge in [0.2, 0.25) is 0 Å². The maximum atomic E-state index is 10.1. The van der Waals surface area contributed by atoms with Crippen molar-refractivity contribution in [1.29, 1.82) is 5.26 Å². The number of nitriles is 1. The van der Waals surface area contributed by atoms with E-state index in [0.29, 0.717) is 29.5 Å². The molecule has 0 aliphatic carbocycles. The van der Waals surface area contributed by atoms with E-state index < -0.39 is 0 Å². The lowest BCUT2D eigenvalue weighted by molar-refractivity contribution is 0.225. The summed E-state index contributed by atoms with van der Waals surface area (Å²) in [6.45, 7) is 2.04. The highest BCUT2D eigenvalue weighted by Gasteiger charge is 2.29. The third kappa shape index (κ3) is 4.55. The second-order valence-electron chi connectivity index (χ2n) is 7.95. The topological polar surface area (TPSA) is 74.1 Å². The number of rotatable bonds is 6. The molecule has 2 aromatic carbocycles. The summed E-state index contributed by atoms with van der Waals surface area (Å²) in [6.07, 6.45) is 4.36. The zero-order valence-corrected chi connectivity index (χ0v) is 18.7. The van der Waals surface area contributed by atoms with Crippen LogP contribution >= 0.6 is 11.6 Å². The summed E-state index contributed by atoms with van der Waals surface area (Å²) in [6, 6.07) is 21.7. The highest BCUT2D eigenvalue weighted by molar-refractivity contribution is 6.30. The fraction of sp³-hybridized carbons (Fsp3) is 0.192. The Morgan fingerprint density at radius 1 is 1.09 bits per heavy atom. The van der Waals surface area contributed by atoms with Gasteiger partial charge in [0, 0.05) is 42.3 Å². The number of nitrogens with one attached hydrogen (secondary N) is 1. The van der Waals surface area contributed by atoms with Gasteiger partial charge in [0.25, 0.3) is 0 Å².